The summed E-state index contributed by atoms with van der Waals surface area (Å²) in [6, 6.07) is 28.3. The second-order valence-corrected chi connectivity index (χ2v) is 10.5. The second kappa shape index (κ2) is 11.2. The first-order chi connectivity index (χ1) is 19.6. The number of aromatic nitrogens is 2. The van der Waals surface area contributed by atoms with Gasteiger partial charge in [-0.3, -0.25) is 4.40 Å². The Labute approximate surface area is 235 Å². The van der Waals surface area contributed by atoms with Gasteiger partial charge in [0.25, 0.3) is 0 Å². The number of nitrogens with zero attached hydrogens (tertiary/aromatic N) is 2. The van der Waals surface area contributed by atoms with E-state index in [9.17, 15) is 8.78 Å². The zero-order chi connectivity index (χ0) is 27.5. The number of thiophene rings is 1. The van der Waals surface area contributed by atoms with Crippen molar-refractivity contribution in [2.75, 3.05) is 5.32 Å². The van der Waals surface area contributed by atoms with Crippen molar-refractivity contribution in [3.8, 4) is 34.0 Å². The number of hydrogen-bond acceptors (Lipinski definition) is 3. The number of halogens is 2. The number of nitrogens with one attached hydrogen (secondary N) is 1. The minimum absolute atomic E-state index is 0.162. The van der Waals surface area contributed by atoms with Crippen LogP contribution in [0.1, 0.15) is 23.1 Å². The van der Waals surface area contributed by atoms with Gasteiger partial charge in [0.1, 0.15) is 28.8 Å². The van der Waals surface area contributed by atoms with Gasteiger partial charge in [0.05, 0.1) is 10.6 Å². The van der Waals surface area contributed by atoms with Crippen molar-refractivity contribution in [1.29, 1.82) is 0 Å². The van der Waals surface area contributed by atoms with Crippen LogP contribution < -0.4 is 5.32 Å². The average Bonchev–Trinajstić information content (AvgIpc) is 3.29. The Morgan fingerprint density at radius 1 is 0.850 bits per heavy atom. The third-order valence-corrected chi connectivity index (χ3v) is 7.72. The van der Waals surface area contributed by atoms with E-state index in [1.54, 1.807) is 0 Å². The number of pyridine rings is 1. The van der Waals surface area contributed by atoms with Gasteiger partial charge in [0.15, 0.2) is 0 Å². The maximum absolute atomic E-state index is 14.4. The first-order valence-electron chi connectivity index (χ1n) is 13.0. The van der Waals surface area contributed by atoms with Crippen LogP contribution in [0.3, 0.4) is 0 Å². The smallest absolute Gasteiger partial charge is 0.149 e. The normalized spacial score (nSPS) is 11.0. The van der Waals surface area contributed by atoms with E-state index >= 15 is 0 Å². The number of anilines is 2. The minimum atomic E-state index is -0.679. The van der Waals surface area contributed by atoms with Crippen LogP contribution in [-0.4, -0.2) is 9.38 Å². The summed E-state index contributed by atoms with van der Waals surface area (Å²) in [4.78, 5) is 5.67. The van der Waals surface area contributed by atoms with Crippen molar-refractivity contribution in [2.45, 2.75) is 19.3 Å². The van der Waals surface area contributed by atoms with Gasteiger partial charge >= 0.3 is 0 Å². The summed E-state index contributed by atoms with van der Waals surface area (Å²) in [5.74, 6) is 1.96. The topological polar surface area (TPSA) is 29.3 Å². The molecular weight excluding hydrogens is 520 g/mol. The van der Waals surface area contributed by atoms with Crippen molar-refractivity contribution in [2.24, 2.45) is 0 Å². The minimum Gasteiger partial charge on any atom is -0.337 e. The fourth-order valence-electron chi connectivity index (χ4n) is 4.66. The predicted octanol–water partition coefficient (Wildman–Crippen LogP) is 8.91. The van der Waals surface area contributed by atoms with Gasteiger partial charge in [-0.15, -0.1) is 17.8 Å². The molecule has 0 aliphatic heterocycles. The van der Waals surface area contributed by atoms with Gasteiger partial charge in [-0.25, -0.2) is 13.8 Å². The lowest BCUT2D eigenvalue weighted by Crippen LogP contribution is -2.00. The number of imidazole rings is 1. The molecule has 0 unspecified atom stereocenters. The van der Waals surface area contributed by atoms with E-state index in [1.807, 2.05) is 40.2 Å². The quantitative estimate of drug-likeness (QED) is 0.203. The van der Waals surface area contributed by atoms with Gasteiger partial charge in [-0.2, -0.15) is 0 Å². The molecule has 3 nitrogen and oxygen atoms in total. The Morgan fingerprint density at radius 2 is 1.65 bits per heavy atom. The van der Waals surface area contributed by atoms with Crippen LogP contribution in [0, 0.1) is 24.0 Å². The van der Waals surface area contributed by atoms with Crippen molar-refractivity contribution in [3.05, 3.63) is 131 Å². The van der Waals surface area contributed by atoms with E-state index in [0.717, 1.165) is 41.4 Å². The standard InChI is InChI=1S/C28H21F2N3S.C6H4/c1-2-21-14-16-34-27(21)26-28(31-24-12-11-22(29)18-23(24)30)33-15-13-20(17-25(33)32-26)10-6-9-19-7-4-3-5-8-19;1-2-5-4-6(5)3-1/h1,3-5,7-8,11-18,31H,6,9-10H2;1-4H. The predicted molar refractivity (Wildman–Crippen MR) is 160 cm³/mol. The first-order valence-corrected chi connectivity index (χ1v) is 13.9. The van der Waals surface area contributed by atoms with E-state index in [2.05, 4.69) is 59.8 Å². The molecule has 0 saturated carbocycles. The summed E-state index contributed by atoms with van der Waals surface area (Å²) in [7, 11) is 0. The highest BCUT2D eigenvalue weighted by Crippen LogP contribution is 2.37. The Bertz CT molecular complexity index is 1830. The molecule has 6 heteroatoms. The number of hydrogen-bond donors (Lipinski definition) is 1. The number of aryl methyl sites for hydroxylation is 2. The second-order valence-electron chi connectivity index (χ2n) is 9.55. The molecule has 196 valence electrons. The monoisotopic (exact) mass is 545 g/mol. The maximum Gasteiger partial charge on any atom is 0.149 e. The number of terminal acetylenes is 1. The SMILES string of the molecule is C#Cc1ccsc1-c1nc2cc(CCCc3ccccc3)ccn2c1Nc1ccc(F)cc1F.c1cc2cc-2c1. The number of fused-ring (bicyclic) bond motifs is 2. The van der Waals surface area contributed by atoms with Gasteiger partial charge in [-0.1, -0.05) is 54.5 Å². The lowest BCUT2D eigenvalue weighted by molar-refractivity contribution is 0.586. The van der Waals surface area contributed by atoms with E-state index < -0.39 is 11.6 Å². The number of rotatable bonds is 7. The average molecular weight is 546 g/mol. The molecule has 7 rings (SSSR count). The van der Waals surface area contributed by atoms with Gasteiger partial charge < -0.3 is 5.32 Å². The van der Waals surface area contributed by atoms with E-state index in [4.69, 9.17) is 11.4 Å². The van der Waals surface area contributed by atoms with Gasteiger partial charge in [0.2, 0.25) is 0 Å². The molecule has 0 fully saturated rings. The fraction of sp³-hybridized carbons (Fsp3) is 0.0882. The van der Waals surface area contributed by atoms with Crippen LogP contribution in [0.15, 0.2) is 103 Å². The molecule has 0 spiro atoms. The van der Waals surface area contributed by atoms with Crippen LogP contribution in [0.2, 0.25) is 0 Å². The van der Waals surface area contributed by atoms with Crippen molar-refractivity contribution < 1.29 is 8.78 Å². The molecule has 3 heterocycles. The molecule has 0 bridgehead atoms. The Balaban J connectivity index is 0.000000420. The van der Waals surface area contributed by atoms with Crippen LogP contribution in [0.25, 0.3) is 27.3 Å². The molecule has 0 saturated heterocycles. The van der Waals surface area contributed by atoms with Crippen LogP contribution in [0.5, 0.6) is 0 Å². The maximum atomic E-state index is 14.4. The zero-order valence-electron chi connectivity index (χ0n) is 21.6. The van der Waals surface area contributed by atoms with E-state index in [0.29, 0.717) is 11.5 Å². The molecule has 40 heavy (non-hydrogen) atoms. The molecule has 0 amide bonds. The highest BCUT2D eigenvalue weighted by molar-refractivity contribution is 7.13. The molecule has 0 atom stereocenters. The molecule has 2 aliphatic carbocycles. The molecule has 1 N–H and O–H groups in total. The summed E-state index contributed by atoms with van der Waals surface area (Å²) in [5.41, 5.74) is 7.59. The summed E-state index contributed by atoms with van der Waals surface area (Å²) in [6.07, 6.45) is 10.6. The molecule has 0 radical (unpaired) electrons. The molecule has 3 aromatic heterocycles. The van der Waals surface area contributed by atoms with E-state index in [1.165, 1.54) is 45.7 Å². The molecule has 2 aliphatic rings. The van der Waals surface area contributed by atoms with E-state index in [-0.39, 0.29) is 5.69 Å². The molecule has 5 aromatic rings. The fourth-order valence-corrected chi connectivity index (χ4v) is 5.51. The number of benzene rings is 3. The molecular formula is C34H25F2N3S. The third-order valence-electron chi connectivity index (χ3n) is 6.80. The summed E-state index contributed by atoms with van der Waals surface area (Å²) in [6.45, 7) is 0. The third kappa shape index (κ3) is 5.51. The summed E-state index contributed by atoms with van der Waals surface area (Å²) >= 11 is 1.48. The van der Waals surface area contributed by atoms with Crippen molar-refractivity contribution >= 4 is 28.5 Å². The Hall–Kier alpha value is -4.73. The highest BCUT2D eigenvalue weighted by atomic mass is 32.1. The summed E-state index contributed by atoms with van der Waals surface area (Å²) < 4.78 is 29.7. The van der Waals surface area contributed by atoms with Crippen LogP contribution in [0.4, 0.5) is 20.3 Å². The van der Waals surface area contributed by atoms with Gasteiger partial charge in [-0.05, 0) is 83.3 Å². The lowest BCUT2D eigenvalue weighted by atomic mass is 10.0. The van der Waals surface area contributed by atoms with Crippen molar-refractivity contribution in [1.82, 2.24) is 9.38 Å². The van der Waals surface area contributed by atoms with Crippen LogP contribution in [-0.2, 0) is 12.8 Å². The largest absolute Gasteiger partial charge is 0.337 e. The summed E-state index contributed by atoms with van der Waals surface area (Å²) in [5, 5.41) is 5.02. The first kappa shape index (κ1) is 25.5. The van der Waals surface area contributed by atoms with Crippen LogP contribution >= 0.6 is 11.3 Å². The lowest BCUT2D eigenvalue weighted by Gasteiger charge is -2.10. The molecule has 2 aromatic carbocycles. The van der Waals surface area contributed by atoms with Crippen molar-refractivity contribution in [3.63, 3.8) is 0 Å². The van der Waals surface area contributed by atoms with Gasteiger partial charge in [0, 0.05) is 17.8 Å². The highest BCUT2D eigenvalue weighted by Gasteiger charge is 2.19. The Morgan fingerprint density at radius 3 is 2.35 bits per heavy atom. The Kier molecular flexibility index (Phi) is 7.13. The zero-order valence-corrected chi connectivity index (χ0v) is 22.4.